The van der Waals surface area contributed by atoms with E-state index in [1.165, 1.54) is 17.3 Å². The first-order chi connectivity index (χ1) is 15.5. The lowest BCUT2D eigenvalue weighted by molar-refractivity contribution is 0.261. The van der Waals surface area contributed by atoms with Crippen molar-refractivity contribution in [2.75, 3.05) is 31.4 Å². The molecule has 2 aliphatic rings. The Hall–Kier alpha value is -2.71. The van der Waals surface area contributed by atoms with Gasteiger partial charge in [-0.25, -0.2) is 5.43 Å². The summed E-state index contributed by atoms with van der Waals surface area (Å²) in [5.41, 5.74) is 7.91. The highest BCUT2D eigenvalue weighted by Crippen LogP contribution is 2.33. The van der Waals surface area contributed by atoms with Gasteiger partial charge in [0.15, 0.2) is 11.5 Å². The number of nitrogens with one attached hydrogen (secondary N) is 1. The average Bonchev–Trinajstić information content (AvgIpc) is 2.81. The fourth-order valence-electron chi connectivity index (χ4n) is 3.98. The SMILES string of the molecule is COc1ccc(C(=NC(C)C)N2CCCc3cc(C4=NNC(=O)SC4)ccc32)cc1OC.Cl. The summed E-state index contributed by atoms with van der Waals surface area (Å²) in [6.07, 6.45) is 2.02. The zero-order chi connectivity index (χ0) is 22.7. The number of thioether (sulfide) groups is 1. The standard InChI is InChI=1S/C24H28N4O3S.ClH/c1-15(2)25-23(18-8-10-21(30-3)22(13-18)31-4)28-11-5-6-17-12-16(7-9-20(17)28)19-14-32-24(29)27-26-19;/h7-10,12-13,15H,5-6,11,14H2,1-4H3,(H,27,29);1H. The monoisotopic (exact) mass is 488 g/mol. The van der Waals surface area contributed by atoms with Gasteiger partial charge >= 0.3 is 0 Å². The van der Waals surface area contributed by atoms with Gasteiger partial charge in [0.2, 0.25) is 0 Å². The molecular formula is C24H29ClN4O3S. The number of rotatable bonds is 5. The third-order valence-electron chi connectivity index (χ3n) is 5.43. The highest BCUT2D eigenvalue weighted by molar-refractivity contribution is 8.14. The molecule has 176 valence electrons. The van der Waals surface area contributed by atoms with Crippen LogP contribution in [0.5, 0.6) is 11.5 Å². The number of methoxy groups -OCH3 is 2. The molecule has 0 aliphatic carbocycles. The number of fused-ring (bicyclic) bond motifs is 1. The maximum atomic E-state index is 11.4. The molecule has 7 nitrogen and oxygen atoms in total. The Labute approximate surface area is 205 Å². The fourth-order valence-corrected chi connectivity index (χ4v) is 4.59. The van der Waals surface area contributed by atoms with Gasteiger partial charge in [-0.15, -0.1) is 12.4 Å². The normalized spacial score (nSPS) is 15.9. The number of hydrogen-bond acceptors (Lipinski definition) is 6. The minimum absolute atomic E-state index is 0. The Morgan fingerprint density at radius 2 is 1.94 bits per heavy atom. The first-order valence-electron chi connectivity index (χ1n) is 10.7. The van der Waals surface area contributed by atoms with Crippen LogP contribution in [0.4, 0.5) is 10.5 Å². The number of ether oxygens (including phenoxy) is 2. The fraction of sp³-hybridized carbons (Fsp3) is 0.375. The lowest BCUT2D eigenvalue weighted by atomic mass is 9.97. The molecule has 0 spiro atoms. The molecule has 0 fully saturated rings. The Balaban J connectivity index is 0.00000306. The second-order valence-electron chi connectivity index (χ2n) is 7.96. The molecule has 0 unspecified atom stereocenters. The molecule has 2 aromatic rings. The van der Waals surface area contributed by atoms with Crippen molar-refractivity contribution in [1.82, 2.24) is 5.43 Å². The van der Waals surface area contributed by atoms with E-state index in [-0.39, 0.29) is 23.7 Å². The van der Waals surface area contributed by atoms with Crippen molar-refractivity contribution in [1.29, 1.82) is 0 Å². The summed E-state index contributed by atoms with van der Waals surface area (Å²) >= 11 is 1.24. The number of aryl methyl sites for hydroxylation is 1. The van der Waals surface area contributed by atoms with Crippen molar-refractivity contribution >= 4 is 46.6 Å². The third kappa shape index (κ3) is 5.45. The van der Waals surface area contributed by atoms with Gasteiger partial charge in [-0.1, -0.05) is 17.8 Å². The van der Waals surface area contributed by atoms with E-state index in [4.69, 9.17) is 14.5 Å². The lowest BCUT2D eigenvalue weighted by Gasteiger charge is -2.33. The lowest BCUT2D eigenvalue weighted by Crippen LogP contribution is -2.37. The number of aliphatic imine (C=N–C) groups is 1. The topological polar surface area (TPSA) is 75.5 Å². The number of hydrazone groups is 1. The predicted octanol–water partition coefficient (Wildman–Crippen LogP) is 4.89. The quantitative estimate of drug-likeness (QED) is 0.479. The maximum absolute atomic E-state index is 11.4. The highest BCUT2D eigenvalue weighted by Gasteiger charge is 2.25. The van der Waals surface area contributed by atoms with Crippen molar-refractivity contribution in [2.24, 2.45) is 10.1 Å². The predicted molar refractivity (Wildman–Crippen MR) is 138 cm³/mol. The molecule has 9 heteroatoms. The molecule has 2 heterocycles. The van der Waals surface area contributed by atoms with Crippen LogP contribution in [0.25, 0.3) is 0 Å². The van der Waals surface area contributed by atoms with E-state index in [2.05, 4.69) is 47.5 Å². The van der Waals surface area contributed by atoms with Crippen molar-refractivity contribution < 1.29 is 14.3 Å². The average molecular weight is 489 g/mol. The first kappa shape index (κ1) is 24.9. The molecule has 0 saturated carbocycles. The number of anilines is 1. The number of halogens is 1. The molecule has 0 radical (unpaired) electrons. The maximum Gasteiger partial charge on any atom is 0.299 e. The van der Waals surface area contributed by atoms with E-state index in [1.807, 2.05) is 18.2 Å². The molecule has 0 saturated heterocycles. The van der Waals surface area contributed by atoms with Gasteiger partial charge in [0.25, 0.3) is 5.24 Å². The zero-order valence-corrected chi connectivity index (χ0v) is 20.9. The smallest absolute Gasteiger partial charge is 0.299 e. The molecule has 33 heavy (non-hydrogen) atoms. The van der Waals surface area contributed by atoms with Gasteiger partial charge in [-0.3, -0.25) is 9.79 Å². The molecule has 2 aliphatic heterocycles. The van der Waals surface area contributed by atoms with E-state index in [1.54, 1.807) is 14.2 Å². The van der Waals surface area contributed by atoms with Gasteiger partial charge in [0.05, 0.1) is 19.9 Å². The summed E-state index contributed by atoms with van der Waals surface area (Å²) in [4.78, 5) is 18.7. The van der Waals surface area contributed by atoms with Gasteiger partial charge in [0.1, 0.15) is 5.84 Å². The zero-order valence-electron chi connectivity index (χ0n) is 19.3. The van der Waals surface area contributed by atoms with E-state index in [0.717, 1.165) is 47.7 Å². The Morgan fingerprint density at radius 1 is 1.15 bits per heavy atom. The molecular weight excluding hydrogens is 460 g/mol. The van der Waals surface area contributed by atoms with Crippen molar-refractivity contribution in [3.05, 3.63) is 53.1 Å². The van der Waals surface area contributed by atoms with Crippen LogP contribution in [0.2, 0.25) is 0 Å². The summed E-state index contributed by atoms with van der Waals surface area (Å²) in [5.74, 6) is 2.89. The molecule has 2 aromatic carbocycles. The summed E-state index contributed by atoms with van der Waals surface area (Å²) in [6, 6.07) is 12.5. The van der Waals surface area contributed by atoms with Gasteiger partial charge in [0, 0.05) is 29.6 Å². The number of carbonyl (C=O) groups excluding carboxylic acids is 1. The molecule has 1 N–H and O–H groups in total. The Bertz CT molecular complexity index is 1090. The minimum Gasteiger partial charge on any atom is -0.493 e. The van der Waals surface area contributed by atoms with Crippen LogP contribution in [-0.4, -0.2) is 49.3 Å². The van der Waals surface area contributed by atoms with Crippen LogP contribution >= 0.6 is 24.2 Å². The Kier molecular flexibility index (Phi) is 8.26. The molecule has 4 rings (SSSR count). The second-order valence-corrected chi connectivity index (χ2v) is 8.91. The van der Waals surface area contributed by atoms with Crippen molar-refractivity contribution in [3.63, 3.8) is 0 Å². The summed E-state index contributed by atoms with van der Waals surface area (Å²) in [7, 11) is 3.28. The van der Waals surface area contributed by atoms with Crippen molar-refractivity contribution in [3.8, 4) is 11.5 Å². The van der Waals surface area contributed by atoms with Crippen LogP contribution in [0.1, 0.15) is 37.0 Å². The first-order valence-corrected chi connectivity index (χ1v) is 11.7. The van der Waals surface area contributed by atoms with E-state index < -0.39 is 0 Å². The second kappa shape index (κ2) is 10.9. The van der Waals surface area contributed by atoms with Crippen LogP contribution in [0.3, 0.4) is 0 Å². The van der Waals surface area contributed by atoms with Crippen molar-refractivity contribution in [2.45, 2.75) is 32.7 Å². The third-order valence-corrected chi connectivity index (χ3v) is 6.20. The van der Waals surface area contributed by atoms with E-state index in [9.17, 15) is 4.79 Å². The molecule has 0 aromatic heterocycles. The van der Waals surface area contributed by atoms with Gasteiger partial charge in [-0.05, 0) is 68.1 Å². The number of amides is 1. The summed E-state index contributed by atoms with van der Waals surface area (Å²) in [5, 5.41) is 4.13. The number of hydrogen-bond donors (Lipinski definition) is 1. The molecule has 0 bridgehead atoms. The highest BCUT2D eigenvalue weighted by atomic mass is 35.5. The van der Waals surface area contributed by atoms with Crippen LogP contribution in [0.15, 0.2) is 46.5 Å². The van der Waals surface area contributed by atoms with E-state index in [0.29, 0.717) is 17.3 Å². The van der Waals surface area contributed by atoms with Crippen LogP contribution in [-0.2, 0) is 6.42 Å². The minimum atomic E-state index is -0.109. The van der Waals surface area contributed by atoms with Crippen LogP contribution < -0.4 is 19.8 Å². The van der Waals surface area contributed by atoms with Gasteiger partial charge in [-0.2, -0.15) is 5.10 Å². The Morgan fingerprint density at radius 3 is 2.61 bits per heavy atom. The van der Waals surface area contributed by atoms with E-state index >= 15 is 0 Å². The number of carbonyl (C=O) groups is 1. The molecule has 0 atom stereocenters. The largest absolute Gasteiger partial charge is 0.493 e. The number of benzene rings is 2. The summed E-state index contributed by atoms with van der Waals surface area (Å²) in [6.45, 7) is 5.06. The van der Waals surface area contributed by atoms with Gasteiger partial charge < -0.3 is 14.4 Å². The van der Waals surface area contributed by atoms with Crippen LogP contribution in [0, 0.1) is 0 Å². The number of nitrogens with zero attached hydrogens (tertiary/aromatic N) is 3. The summed E-state index contributed by atoms with van der Waals surface area (Å²) < 4.78 is 10.9. The molecule has 1 amide bonds. The number of amidine groups is 1.